The van der Waals surface area contributed by atoms with Crippen LogP contribution in [0.15, 0.2) is 29.8 Å². The van der Waals surface area contributed by atoms with Crippen LogP contribution in [0, 0.1) is 5.92 Å². The van der Waals surface area contributed by atoms with Gasteiger partial charge < -0.3 is 33.2 Å². The minimum absolute atomic E-state index is 0.128. The Morgan fingerprint density at radius 1 is 0.903 bits per heavy atom. The van der Waals surface area contributed by atoms with E-state index in [-0.39, 0.29) is 18.7 Å². The van der Waals surface area contributed by atoms with Crippen LogP contribution in [0.25, 0.3) is 6.08 Å². The first kappa shape index (κ1) is 20.7. The minimum Gasteiger partial charge on any atom is -0.493 e. The van der Waals surface area contributed by atoms with E-state index in [1.54, 1.807) is 46.6 Å². The maximum absolute atomic E-state index is 12.5. The van der Waals surface area contributed by atoms with Crippen molar-refractivity contribution in [1.29, 1.82) is 0 Å². The molecule has 2 heterocycles. The molecule has 0 amide bonds. The monoisotopic (exact) mass is 428 g/mol. The van der Waals surface area contributed by atoms with Gasteiger partial charge >= 0.3 is 5.97 Å². The van der Waals surface area contributed by atoms with E-state index in [9.17, 15) is 4.79 Å². The highest BCUT2D eigenvalue weighted by Crippen LogP contribution is 2.43. The zero-order valence-electron chi connectivity index (χ0n) is 17.9. The zero-order valence-corrected chi connectivity index (χ0v) is 17.9. The number of hydrogen-bond acceptors (Lipinski definition) is 8. The summed E-state index contributed by atoms with van der Waals surface area (Å²) in [7, 11) is 6.23. The van der Waals surface area contributed by atoms with Gasteiger partial charge in [-0.05, 0) is 47.9 Å². The molecule has 2 aromatic carbocycles. The molecule has 0 spiro atoms. The lowest BCUT2D eigenvalue weighted by Crippen LogP contribution is -2.08. The van der Waals surface area contributed by atoms with Crippen molar-refractivity contribution >= 4 is 12.0 Å². The van der Waals surface area contributed by atoms with Gasteiger partial charge in [-0.25, -0.2) is 4.79 Å². The summed E-state index contributed by atoms with van der Waals surface area (Å²) in [5, 5.41) is 0. The molecule has 0 saturated carbocycles. The lowest BCUT2D eigenvalue weighted by molar-refractivity contribution is -0.135. The molecule has 31 heavy (non-hydrogen) atoms. The highest BCUT2D eigenvalue weighted by Gasteiger charge is 2.32. The highest BCUT2D eigenvalue weighted by molar-refractivity contribution is 5.96. The van der Waals surface area contributed by atoms with Crippen molar-refractivity contribution in [1.82, 2.24) is 0 Å². The number of carbonyl (C=O) groups excluding carboxylic acids is 1. The standard InChI is InChI=1S/C23H24O8/c1-25-17-8-14(9-18(26-2)21(17)28-4)6-16-15(11-29-23(16)24)5-13-7-19(27-3)22-20(10-13)30-12-31-22/h6-10,15H,5,11-12H2,1-4H3. The molecule has 2 aliphatic rings. The van der Waals surface area contributed by atoms with E-state index in [0.29, 0.717) is 53.1 Å². The molecule has 2 aliphatic heterocycles. The molecule has 1 fully saturated rings. The van der Waals surface area contributed by atoms with Crippen LogP contribution in [0.2, 0.25) is 0 Å². The molecule has 0 aromatic heterocycles. The van der Waals surface area contributed by atoms with Crippen LogP contribution in [-0.4, -0.2) is 47.8 Å². The topological polar surface area (TPSA) is 81.7 Å². The molecule has 0 bridgehead atoms. The molecule has 0 radical (unpaired) electrons. The van der Waals surface area contributed by atoms with Gasteiger partial charge in [0.25, 0.3) is 0 Å². The van der Waals surface area contributed by atoms with Gasteiger partial charge in [0.1, 0.15) is 0 Å². The van der Waals surface area contributed by atoms with E-state index < -0.39 is 0 Å². The van der Waals surface area contributed by atoms with Gasteiger partial charge in [0.05, 0.1) is 35.0 Å². The van der Waals surface area contributed by atoms with Crippen molar-refractivity contribution in [2.75, 3.05) is 41.8 Å². The molecular weight excluding hydrogens is 404 g/mol. The molecule has 4 rings (SSSR count). The first-order chi connectivity index (χ1) is 15.1. The fraction of sp³-hybridized carbons (Fsp3) is 0.348. The van der Waals surface area contributed by atoms with Crippen LogP contribution in [0.4, 0.5) is 0 Å². The predicted octanol–water partition coefficient (Wildman–Crippen LogP) is 3.25. The number of cyclic esters (lactones) is 1. The number of fused-ring (bicyclic) bond motifs is 1. The number of esters is 1. The van der Waals surface area contributed by atoms with Crippen molar-refractivity contribution in [3.8, 4) is 34.5 Å². The average Bonchev–Trinajstić information content (AvgIpc) is 3.39. The Balaban J connectivity index is 1.66. The number of rotatable bonds is 7. The Kier molecular flexibility index (Phi) is 5.79. The van der Waals surface area contributed by atoms with E-state index in [1.807, 2.05) is 12.1 Å². The molecule has 1 atom stereocenters. The third kappa shape index (κ3) is 3.93. The normalized spacial score (nSPS) is 18.1. The fourth-order valence-corrected chi connectivity index (χ4v) is 3.81. The van der Waals surface area contributed by atoms with E-state index in [1.165, 1.54) is 0 Å². The summed E-state index contributed by atoms with van der Waals surface area (Å²) in [6.45, 7) is 0.457. The first-order valence-corrected chi connectivity index (χ1v) is 9.73. The molecule has 164 valence electrons. The lowest BCUT2D eigenvalue weighted by Gasteiger charge is -2.14. The number of ether oxygens (including phenoxy) is 7. The van der Waals surface area contributed by atoms with Crippen LogP contribution in [-0.2, 0) is 16.0 Å². The second kappa shape index (κ2) is 8.67. The smallest absolute Gasteiger partial charge is 0.334 e. The summed E-state index contributed by atoms with van der Waals surface area (Å²) in [4.78, 5) is 12.5. The number of carbonyl (C=O) groups is 1. The lowest BCUT2D eigenvalue weighted by atomic mass is 9.92. The largest absolute Gasteiger partial charge is 0.493 e. The summed E-state index contributed by atoms with van der Waals surface area (Å²) in [5.74, 6) is 2.88. The van der Waals surface area contributed by atoms with Gasteiger partial charge in [0.15, 0.2) is 23.0 Å². The molecule has 1 saturated heterocycles. The van der Waals surface area contributed by atoms with E-state index >= 15 is 0 Å². The first-order valence-electron chi connectivity index (χ1n) is 9.73. The number of methoxy groups -OCH3 is 4. The van der Waals surface area contributed by atoms with Crippen LogP contribution < -0.4 is 28.4 Å². The highest BCUT2D eigenvalue weighted by atomic mass is 16.7. The quantitative estimate of drug-likeness (QED) is 0.491. The van der Waals surface area contributed by atoms with Gasteiger partial charge in [-0.3, -0.25) is 0 Å². The predicted molar refractivity (Wildman–Crippen MR) is 111 cm³/mol. The molecule has 1 unspecified atom stereocenters. The SMILES string of the molecule is COc1cc(C=C2C(=O)OCC2Cc2cc(OC)c3c(c2)OCO3)cc(OC)c1OC. The Morgan fingerprint density at radius 2 is 1.61 bits per heavy atom. The Labute approximate surface area is 180 Å². The van der Waals surface area contributed by atoms with Crippen molar-refractivity contribution in [2.24, 2.45) is 5.92 Å². The number of hydrogen-bond donors (Lipinski definition) is 0. The van der Waals surface area contributed by atoms with Crippen molar-refractivity contribution < 1.29 is 38.0 Å². The zero-order chi connectivity index (χ0) is 22.0. The van der Waals surface area contributed by atoms with Crippen molar-refractivity contribution in [2.45, 2.75) is 6.42 Å². The van der Waals surface area contributed by atoms with Gasteiger partial charge in [-0.2, -0.15) is 0 Å². The second-order valence-corrected chi connectivity index (χ2v) is 7.09. The second-order valence-electron chi connectivity index (χ2n) is 7.09. The summed E-state index contributed by atoms with van der Waals surface area (Å²) in [6.07, 6.45) is 2.38. The Morgan fingerprint density at radius 3 is 2.26 bits per heavy atom. The molecule has 8 nitrogen and oxygen atoms in total. The molecule has 0 N–H and O–H groups in total. The summed E-state index contributed by atoms with van der Waals surface area (Å²) in [6, 6.07) is 7.39. The van der Waals surface area contributed by atoms with Gasteiger partial charge in [-0.1, -0.05) is 0 Å². The minimum atomic E-state index is -0.341. The molecule has 0 aliphatic carbocycles. The maximum atomic E-state index is 12.5. The third-order valence-electron chi connectivity index (χ3n) is 5.30. The van der Waals surface area contributed by atoms with E-state index in [4.69, 9.17) is 33.2 Å². The molecule has 8 heteroatoms. The van der Waals surface area contributed by atoms with Crippen molar-refractivity contribution in [3.63, 3.8) is 0 Å². The van der Waals surface area contributed by atoms with Crippen molar-refractivity contribution in [3.05, 3.63) is 41.0 Å². The molecular formula is C23H24O8. The summed E-state index contributed by atoms with van der Waals surface area (Å²) < 4.78 is 37.9. The average molecular weight is 428 g/mol. The Hall–Kier alpha value is -3.55. The fourth-order valence-electron chi connectivity index (χ4n) is 3.81. The summed E-state index contributed by atoms with van der Waals surface area (Å²) in [5.41, 5.74) is 2.28. The number of benzene rings is 2. The van der Waals surface area contributed by atoms with Crippen LogP contribution in [0.5, 0.6) is 34.5 Å². The van der Waals surface area contributed by atoms with Gasteiger partial charge in [-0.15, -0.1) is 0 Å². The van der Waals surface area contributed by atoms with E-state index in [0.717, 1.165) is 11.1 Å². The van der Waals surface area contributed by atoms with Gasteiger partial charge in [0.2, 0.25) is 18.3 Å². The Bertz CT molecular complexity index is 1000. The van der Waals surface area contributed by atoms with Crippen LogP contribution in [0.3, 0.4) is 0 Å². The van der Waals surface area contributed by atoms with Crippen LogP contribution in [0.1, 0.15) is 11.1 Å². The third-order valence-corrected chi connectivity index (χ3v) is 5.30. The maximum Gasteiger partial charge on any atom is 0.334 e. The van der Waals surface area contributed by atoms with E-state index in [2.05, 4.69) is 0 Å². The van der Waals surface area contributed by atoms with Crippen LogP contribution >= 0.6 is 0 Å². The molecule has 2 aromatic rings. The van der Waals surface area contributed by atoms with Gasteiger partial charge in [0, 0.05) is 11.5 Å². The summed E-state index contributed by atoms with van der Waals surface area (Å²) >= 11 is 0.